The molecule has 1 saturated heterocycles. The van der Waals surface area contributed by atoms with Gasteiger partial charge in [-0.1, -0.05) is 6.92 Å². The van der Waals surface area contributed by atoms with Crippen molar-refractivity contribution >= 4 is 21.9 Å². The summed E-state index contributed by atoms with van der Waals surface area (Å²) >= 11 is 1.60. The van der Waals surface area contributed by atoms with Crippen LogP contribution >= 0.6 is 11.3 Å². The Kier molecular flexibility index (Phi) is 7.99. The van der Waals surface area contributed by atoms with Crippen molar-refractivity contribution in [3.05, 3.63) is 17.5 Å². The number of rotatable bonds is 11. The average Bonchev–Trinajstić information content (AvgIpc) is 3.45. The first-order valence-electron chi connectivity index (χ1n) is 11.5. The van der Waals surface area contributed by atoms with Crippen LogP contribution in [0.2, 0.25) is 0 Å². The first-order valence-corrected chi connectivity index (χ1v) is 12.4. The first kappa shape index (κ1) is 24.4. The fourth-order valence-corrected chi connectivity index (χ4v) is 5.44. The summed E-state index contributed by atoms with van der Waals surface area (Å²) in [5.74, 6) is 2.18. The van der Waals surface area contributed by atoms with E-state index in [4.69, 9.17) is 28.8 Å². The quantitative estimate of drug-likeness (QED) is 0.379. The van der Waals surface area contributed by atoms with Gasteiger partial charge in [-0.3, -0.25) is 0 Å². The monoisotopic (exact) mass is 493 g/mol. The van der Waals surface area contributed by atoms with Gasteiger partial charge >= 0.3 is 0 Å². The number of hydrogen-bond acceptors (Lipinski definition) is 8. The number of aromatic nitrogens is 2. The van der Waals surface area contributed by atoms with Crippen LogP contribution in [0.15, 0.2) is 17.5 Å². The van der Waals surface area contributed by atoms with Gasteiger partial charge in [0.25, 0.3) is 5.88 Å². The molecular weight excluding hydrogens is 461 g/mol. The molecule has 0 atom stereocenters. The lowest BCUT2D eigenvalue weighted by atomic mass is 10.1. The molecule has 1 aliphatic heterocycles. The number of thiazole rings is 1. The smallest absolute Gasteiger partial charge is 0.258 e. The molecule has 10 heteroatoms. The molecule has 0 spiro atoms. The molecule has 0 aliphatic carbocycles. The standard InChI is InChI=1S/C24H32FN3O5S/c1-5-9-27(16-6-10-32-11-7-16)22-23(31-4)26-28-18(15-34-24(22)28)21-19(29-2)13-17(33-12-8-25)14-20(21)30-3/h13-16H,5-12H2,1-4H3. The zero-order valence-electron chi connectivity index (χ0n) is 20.1. The zero-order valence-corrected chi connectivity index (χ0v) is 21.0. The molecule has 0 N–H and O–H groups in total. The Hall–Kier alpha value is -2.72. The van der Waals surface area contributed by atoms with Crippen molar-refractivity contribution in [2.24, 2.45) is 0 Å². The minimum atomic E-state index is -0.575. The number of anilines is 1. The highest BCUT2D eigenvalue weighted by Gasteiger charge is 2.30. The van der Waals surface area contributed by atoms with Crippen LogP contribution in [0.25, 0.3) is 16.1 Å². The summed E-state index contributed by atoms with van der Waals surface area (Å²) in [6.45, 7) is 4.00. The largest absolute Gasteiger partial charge is 0.496 e. The summed E-state index contributed by atoms with van der Waals surface area (Å²) in [6, 6.07) is 3.85. The van der Waals surface area contributed by atoms with E-state index in [0.29, 0.717) is 29.2 Å². The van der Waals surface area contributed by atoms with Gasteiger partial charge in [0.05, 0.1) is 32.6 Å². The van der Waals surface area contributed by atoms with Crippen molar-refractivity contribution in [2.75, 3.05) is 59.3 Å². The van der Waals surface area contributed by atoms with Crippen LogP contribution in [0.4, 0.5) is 10.1 Å². The lowest BCUT2D eigenvalue weighted by Crippen LogP contribution is -2.40. The van der Waals surface area contributed by atoms with E-state index >= 15 is 0 Å². The van der Waals surface area contributed by atoms with Crippen molar-refractivity contribution < 1.29 is 28.1 Å². The zero-order chi connectivity index (χ0) is 24.1. The molecular formula is C24H32FN3O5S. The number of alkyl halides is 1. The van der Waals surface area contributed by atoms with Crippen molar-refractivity contribution in [1.82, 2.24) is 9.61 Å². The highest BCUT2D eigenvalue weighted by atomic mass is 32.1. The van der Waals surface area contributed by atoms with E-state index in [9.17, 15) is 4.39 Å². The normalized spacial score (nSPS) is 14.4. The van der Waals surface area contributed by atoms with Gasteiger partial charge in [0.2, 0.25) is 0 Å². The Morgan fingerprint density at radius 2 is 1.85 bits per heavy atom. The van der Waals surface area contributed by atoms with Gasteiger partial charge in [0, 0.05) is 43.3 Å². The van der Waals surface area contributed by atoms with E-state index in [0.717, 1.165) is 60.8 Å². The Bertz CT molecular complexity index is 1070. The first-order chi connectivity index (χ1) is 16.7. The minimum absolute atomic E-state index is 0.0342. The number of hydrogen-bond donors (Lipinski definition) is 0. The van der Waals surface area contributed by atoms with Crippen molar-refractivity contribution in [3.63, 3.8) is 0 Å². The number of ether oxygens (including phenoxy) is 5. The molecule has 2 aromatic heterocycles. The highest BCUT2D eigenvalue weighted by molar-refractivity contribution is 7.16. The third-order valence-electron chi connectivity index (χ3n) is 5.96. The fourth-order valence-electron chi connectivity index (χ4n) is 4.45. The highest BCUT2D eigenvalue weighted by Crippen LogP contribution is 2.46. The molecule has 3 aromatic rings. The lowest BCUT2D eigenvalue weighted by Gasteiger charge is -2.35. The molecule has 0 radical (unpaired) electrons. The van der Waals surface area contributed by atoms with Crippen molar-refractivity contribution in [2.45, 2.75) is 32.2 Å². The molecule has 0 saturated carbocycles. The maximum atomic E-state index is 12.6. The second-order valence-corrected chi connectivity index (χ2v) is 8.83. The van der Waals surface area contributed by atoms with Crippen LogP contribution in [-0.4, -0.2) is 70.0 Å². The van der Waals surface area contributed by atoms with Gasteiger partial charge in [-0.15, -0.1) is 16.4 Å². The van der Waals surface area contributed by atoms with Crippen LogP contribution in [0.1, 0.15) is 26.2 Å². The third kappa shape index (κ3) is 4.61. The Balaban J connectivity index is 1.84. The molecule has 0 amide bonds. The SMILES string of the molecule is CCCN(c1c(OC)nn2c(-c3c(OC)cc(OCCF)cc3OC)csc12)C1CCOCC1. The average molecular weight is 494 g/mol. The van der Waals surface area contributed by atoms with Gasteiger partial charge in [0.1, 0.15) is 41.0 Å². The van der Waals surface area contributed by atoms with E-state index in [2.05, 4.69) is 11.8 Å². The Labute approximate surface area is 203 Å². The summed E-state index contributed by atoms with van der Waals surface area (Å²) in [7, 11) is 4.83. The van der Waals surface area contributed by atoms with Gasteiger partial charge in [-0.2, -0.15) is 0 Å². The Morgan fingerprint density at radius 1 is 1.15 bits per heavy atom. The van der Waals surface area contributed by atoms with E-state index in [1.165, 1.54) is 0 Å². The van der Waals surface area contributed by atoms with Crippen LogP contribution in [-0.2, 0) is 4.74 Å². The molecule has 34 heavy (non-hydrogen) atoms. The van der Waals surface area contributed by atoms with Crippen LogP contribution in [0, 0.1) is 0 Å². The lowest BCUT2D eigenvalue weighted by molar-refractivity contribution is 0.0843. The van der Waals surface area contributed by atoms with E-state index in [1.54, 1.807) is 44.8 Å². The predicted octanol–water partition coefficient (Wildman–Crippen LogP) is 4.83. The summed E-state index contributed by atoms with van der Waals surface area (Å²) in [5, 5.41) is 6.87. The summed E-state index contributed by atoms with van der Waals surface area (Å²) in [4.78, 5) is 3.42. The molecule has 3 heterocycles. The van der Waals surface area contributed by atoms with Crippen LogP contribution in [0.3, 0.4) is 0 Å². The second-order valence-electron chi connectivity index (χ2n) is 7.97. The number of nitrogens with zero attached hydrogens (tertiary/aromatic N) is 3. The van der Waals surface area contributed by atoms with Gasteiger partial charge in [0.15, 0.2) is 0 Å². The topological polar surface area (TPSA) is 66.7 Å². The van der Waals surface area contributed by atoms with Crippen LogP contribution < -0.4 is 23.8 Å². The van der Waals surface area contributed by atoms with Gasteiger partial charge in [-0.05, 0) is 19.3 Å². The van der Waals surface area contributed by atoms with Crippen LogP contribution in [0.5, 0.6) is 23.1 Å². The molecule has 1 aromatic carbocycles. The molecule has 1 aliphatic rings. The number of benzene rings is 1. The number of methoxy groups -OCH3 is 3. The second kappa shape index (κ2) is 11.1. The Morgan fingerprint density at radius 3 is 2.44 bits per heavy atom. The molecule has 186 valence electrons. The van der Waals surface area contributed by atoms with E-state index in [-0.39, 0.29) is 6.61 Å². The van der Waals surface area contributed by atoms with Gasteiger partial charge < -0.3 is 28.6 Å². The minimum Gasteiger partial charge on any atom is -0.496 e. The molecule has 1 fully saturated rings. The van der Waals surface area contributed by atoms with Gasteiger partial charge in [-0.25, -0.2) is 8.91 Å². The summed E-state index contributed by atoms with van der Waals surface area (Å²) in [5.41, 5.74) is 2.57. The predicted molar refractivity (Wildman–Crippen MR) is 131 cm³/mol. The molecule has 0 unspecified atom stereocenters. The van der Waals surface area contributed by atoms with E-state index in [1.807, 2.05) is 9.90 Å². The molecule has 4 rings (SSSR count). The summed E-state index contributed by atoms with van der Waals surface area (Å²) in [6.07, 6.45) is 2.96. The summed E-state index contributed by atoms with van der Waals surface area (Å²) < 4.78 is 42.7. The van der Waals surface area contributed by atoms with E-state index < -0.39 is 6.67 Å². The maximum Gasteiger partial charge on any atom is 0.258 e. The van der Waals surface area contributed by atoms with Crippen molar-refractivity contribution in [3.8, 4) is 34.4 Å². The fraction of sp³-hybridized carbons (Fsp3) is 0.542. The molecule has 0 bridgehead atoms. The number of halogens is 1. The molecule has 8 nitrogen and oxygen atoms in total. The van der Waals surface area contributed by atoms with Crippen molar-refractivity contribution in [1.29, 1.82) is 0 Å². The maximum absolute atomic E-state index is 12.6. The third-order valence-corrected chi connectivity index (χ3v) is 6.89. The number of fused-ring (bicyclic) bond motifs is 1.